The highest BCUT2D eigenvalue weighted by molar-refractivity contribution is 5.79. The Balaban J connectivity index is 1.35. The topological polar surface area (TPSA) is 46.8 Å². The van der Waals surface area contributed by atoms with Crippen molar-refractivity contribution in [2.45, 2.75) is 6.92 Å². The Bertz CT molecular complexity index is 1600. The summed E-state index contributed by atoms with van der Waals surface area (Å²) in [7, 11) is 0. The van der Waals surface area contributed by atoms with E-state index in [1.807, 2.05) is 47.4 Å². The molecule has 5 heteroatoms. The monoisotopic (exact) mass is 479 g/mol. The smallest absolute Gasteiger partial charge is 0.113 e. The zero-order chi connectivity index (χ0) is 25.0. The molecule has 0 N–H and O–H groups in total. The van der Waals surface area contributed by atoms with Crippen molar-refractivity contribution in [3.63, 3.8) is 0 Å². The fourth-order valence-electron chi connectivity index (χ4n) is 4.43. The molecule has 2 heterocycles. The lowest BCUT2D eigenvalue weighted by Gasteiger charge is -2.25. The molecule has 0 spiro atoms. The Morgan fingerprint density at radius 3 is 1.95 bits per heavy atom. The van der Waals surface area contributed by atoms with Gasteiger partial charge in [0, 0.05) is 34.4 Å². The minimum atomic E-state index is 0.807. The van der Waals surface area contributed by atoms with Crippen LogP contribution >= 0.6 is 0 Å². The van der Waals surface area contributed by atoms with Crippen LogP contribution in [0.5, 0.6) is 0 Å². The van der Waals surface area contributed by atoms with Crippen molar-refractivity contribution in [3.05, 3.63) is 139 Å². The van der Waals surface area contributed by atoms with E-state index in [4.69, 9.17) is 0 Å². The lowest BCUT2D eigenvalue weighted by atomic mass is 10.1. The molecular formula is C32H25N5. The first-order valence-electron chi connectivity index (χ1n) is 12.2. The first kappa shape index (κ1) is 22.4. The number of hydrogen-bond donors (Lipinski definition) is 0. The average Bonchev–Trinajstić information content (AvgIpc) is 3.46. The normalized spacial score (nSPS) is 10.8. The predicted molar refractivity (Wildman–Crippen MR) is 149 cm³/mol. The van der Waals surface area contributed by atoms with Gasteiger partial charge in [0.05, 0.1) is 17.6 Å². The second-order valence-corrected chi connectivity index (χ2v) is 8.87. The molecule has 6 aromatic rings. The highest BCUT2D eigenvalue weighted by Crippen LogP contribution is 2.36. The van der Waals surface area contributed by atoms with Gasteiger partial charge in [-0.15, -0.1) is 5.10 Å². The number of aryl methyl sites for hydroxylation is 1. The van der Waals surface area contributed by atoms with E-state index < -0.39 is 0 Å². The van der Waals surface area contributed by atoms with Crippen LogP contribution < -0.4 is 4.90 Å². The van der Waals surface area contributed by atoms with Gasteiger partial charge < -0.3 is 4.90 Å². The number of anilines is 3. The molecule has 6 rings (SSSR count). The molecule has 0 atom stereocenters. The third-order valence-electron chi connectivity index (χ3n) is 6.24. The molecule has 0 amide bonds. The van der Waals surface area contributed by atoms with Gasteiger partial charge in [0.1, 0.15) is 5.69 Å². The summed E-state index contributed by atoms with van der Waals surface area (Å²) in [5.74, 6) is 0. The molecule has 0 aliphatic rings. The summed E-state index contributed by atoms with van der Waals surface area (Å²) in [6.45, 7) is 2.07. The first-order valence-corrected chi connectivity index (χ1v) is 12.2. The Morgan fingerprint density at radius 1 is 0.595 bits per heavy atom. The van der Waals surface area contributed by atoms with Crippen molar-refractivity contribution >= 4 is 17.1 Å². The summed E-state index contributed by atoms with van der Waals surface area (Å²) < 4.78 is 1.81. The van der Waals surface area contributed by atoms with Crippen molar-refractivity contribution < 1.29 is 0 Å². The molecule has 0 bridgehead atoms. The van der Waals surface area contributed by atoms with E-state index in [1.54, 1.807) is 0 Å². The van der Waals surface area contributed by atoms with Gasteiger partial charge in [-0.05, 0) is 73.2 Å². The first-order chi connectivity index (χ1) is 18.2. The largest absolute Gasteiger partial charge is 0.310 e. The second kappa shape index (κ2) is 9.91. The lowest BCUT2D eigenvalue weighted by Crippen LogP contribution is -2.09. The molecule has 2 aromatic heterocycles. The predicted octanol–water partition coefficient (Wildman–Crippen LogP) is 7.77. The molecule has 178 valence electrons. The molecule has 0 aliphatic carbocycles. The zero-order valence-corrected chi connectivity index (χ0v) is 20.4. The van der Waals surface area contributed by atoms with Gasteiger partial charge in [0.25, 0.3) is 0 Å². The van der Waals surface area contributed by atoms with E-state index in [1.165, 1.54) is 5.56 Å². The molecule has 37 heavy (non-hydrogen) atoms. The van der Waals surface area contributed by atoms with Crippen LogP contribution in [0.3, 0.4) is 0 Å². The van der Waals surface area contributed by atoms with Crippen LogP contribution in [-0.4, -0.2) is 20.0 Å². The van der Waals surface area contributed by atoms with Crippen molar-refractivity contribution in [1.82, 2.24) is 20.0 Å². The van der Waals surface area contributed by atoms with Gasteiger partial charge in [0.2, 0.25) is 0 Å². The summed E-state index contributed by atoms with van der Waals surface area (Å²) in [5.41, 5.74) is 9.14. The van der Waals surface area contributed by atoms with Crippen molar-refractivity contribution in [1.29, 1.82) is 0 Å². The molecular weight excluding hydrogens is 454 g/mol. The molecule has 0 saturated heterocycles. The molecule has 0 aliphatic heterocycles. The molecule has 4 aromatic carbocycles. The molecule has 0 fully saturated rings. The number of rotatable bonds is 6. The van der Waals surface area contributed by atoms with E-state index in [0.717, 1.165) is 45.3 Å². The summed E-state index contributed by atoms with van der Waals surface area (Å²) in [6.07, 6.45) is 3.81. The number of para-hydroxylation sites is 2. The number of aromatic nitrogens is 4. The quantitative estimate of drug-likeness (QED) is 0.245. The van der Waals surface area contributed by atoms with Crippen LogP contribution in [0.1, 0.15) is 5.56 Å². The van der Waals surface area contributed by atoms with Gasteiger partial charge in [-0.25, -0.2) is 4.68 Å². The van der Waals surface area contributed by atoms with E-state index in [-0.39, 0.29) is 0 Å². The fourth-order valence-corrected chi connectivity index (χ4v) is 4.43. The van der Waals surface area contributed by atoms with E-state index in [9.17, 15) is 0 Å². The van der Waals surface area contributed by atoms with Crippen LogP contribution in [0.25, 0.3) is 28.2 Å². The Hall–Kier alpha value is -5.03. The van der Waals surface area contributed by atoms with Crippen molar-refractivity contribution in [2.24, 2.45) is 0 Å². The lowest BCUT2D eigenvalue weighted by molar-refractivity contribution is 0.804. The number of benzene rings is 4. The average molecular weight is 480 g/mol. The van der Waals surface area contributed by atoms with Crippen LogP contribution in [0.4, 0.5) is 17.1 Å². The maximum absolute atomic E-state index is 4.52. The van der Waals surface area contributed by atoms with Crippen LogP contribution in [0.15, 0.2) is 134 Å². The fraction of sp³-hybridized carbons (Fsp3) is 0.0312. The number of pyridine rings is 1. The highest BCUT2D eigenvalue weighted by atomic mass is 15.4. The summed E-state index contributed by atoms with van der Waals surface area (Å²) in [6, 6.07) is 41.5. The van der Waals surface area contributed by atoms with Gasteiger partial charge in [-0.2, -0.15) is 0 Å². The Morgan fingerprint density at radius 2 is 1.24 bits per heavy atom. The zero-order valence-electron chi connectivity index (χ0n) is 20.4. The minimum Gasteiger partial charge on any atom is -0.310 e. The third kappa shape index (κ3) is 4.75. The minimum absolute atomic E-state index is 0.807. The molecule has 0 radical (unpaired) electrons. The maximum atomic E-state index is 4.52. The van der Waals surface area contributed by atoms with Gasteiger partial charge in [-0.3, -0.25) is 4.98 Å². The summed E-state index contributed by atoms with van der Waals surface area (Å²) >= 11 is 0. The van der Waals surface area contributed by atoms with Gasteiger partial charge in [-0.1, -0.05) is 65.9 Å². The third-order valence-corrected chi connectivity index (χ3v) is 6.24. The van der Waals surface area contributed by atoms with Crippen LogP contribution in [0, 0.1) is 6.92 Å². The molecule has 0 unspecified atom stereocenters. The van der Waals surface area contributed by atoms with E-state index in [2.05, 4.69) is 118 Å². The van der Waals surface area contributed by atoms with E-state index >= 15 is 0 Å². The second-order valence-electron chi connectivity index (χ2n) is 8.87. The van der Waals surface area contributed by atoms with Crippen LogP contribution in [0.2, 0.25) is 0 Å². The van der Waals surface area contributed by atoms with Gasteiger partial charge in [0.15, 0.2) is 0 Å². The maximum Gasteiger partial charge on any atom is 0.113 e. The SMILES string of the molecule is Cc1ccnc(-c2cccc(-n3cc(-c4cccc(N(c5ccccc5)c5ccccc5)c4)nn3)c2)c1. The summed E-state index contributed by atoms with van der Waals surface area (Å²) in [5, 5.41) is 8.94. The Kier molecular flexibility index (Phi) is 6.01. The standard InChI is InChI=1S/C32H25N5/c1-24-18-19-33-31(20-24)25-10-8-16-29(21-25)36-23-32(34-35-36)26-11-9-17-30(22-26)37(27-12-4-2-5-13-27)28-14-6-3-7-15-28/h2-23H,1H3. The Labute approximate surface area is 216 Å². The van der Waals surface area contributed by atoms with Crippen molar-refractivity contribution in [3.8, 4) is 28.2 Å². The van der Waals surface area contributed by atoms with Gasteiger partial charge >= 0.3 is 0 Å². The van der Waals surface area contributed by atoms with E-state index in [0.29, 0.717) is 0 Å². The molecule has 5 nitrogen and oxygen atoms in total. The molecule has 0 saturated carbocycles. The highest BCUT2D eigenvalue weighted by Gasteiger charge is 2.14. The summed E-state index contributed by atoms with van der Waals surface area (Å²) in [4.78, 5) is 6.77. The van der Waals surface area contributed by atoms with Crippen molar-refractivity contribution in [2.75, 3.05) is 4.90 Å². The number of hydrogen-bond acceptors (Lipinski definition) is 4. The van der Waals surface area contributed by atoms with Crippen LogP contribution in [-0.2, 0) is 0 Å². The number of nitrogens with zero attached hydrogens (tertiary/aromatic N) is 5.